The standard InChI is InChI=1S/C25H24N4S/c1-4-11-20(12-5-1)19-28-18-10-17-23(28)24-26-27-25(30-22-15-8-3-9-16-22)29(24)21-13-6-2-7-14-21/h1-9,11-16,23H,10,17-19H2/t23-/m0/s1. The number of rotatable bonds is 6. The SMILES string of the molecule is c1ccc(CN2CCC[C@H]2c2nnc(Sc3ccccc3)n2-c2ccccc2)cc1. The second kappa shape index (κ2) is 8.86. The molecule has 1 aromatic heterocycles. The van der Waals surface area contributed by atoms with Crippen molar-refractivity contribution in [1.29, 1.82) is 0 Å². The zero-order valence-corrected chi connectivity index (χ0v) is 17.6. The highest BCUT2D eigenvalue weighted by molar-refractivity contribution is 7.99. The van der Waals surface area contributed by atoms with Gasteiger partial charge < -0.3 is 0 Å². The number of nitrogens with zero attached hydrogens (tertiary/aromatic N) is 4. The van der Waals surface area contributed by atoms with Crippen molar-refractivity contribution in [2.24, 2.45) is 0 Å². The van der Waals surface area contributed by atoms with Gasteiger partial charge in [-0.25, -0.2) is 0 Å². The first-order valence-electron chi connectivity index (χ1n) is 10.4. The Hall–Kier alpha value is -2.89. The Labute approximate surface area is 181 Å². The van der Waals surface area contributed by atoms with Gasteiger partial charge in [-0.2, -0.15) is 0 Å². The fraction of sp³-hybridized carbons (Fsp3) is 0.200. The van der Waals surface area contributed by atoms with Crippen LogP contribution in [0, 0.1) is 0 Å². The third-order valence-electron chi connectivity index (χ3n) is 5.52. The molecule has 0 N–H and O–H groups in total. The summed E-state index contributed by atoms with van der Waals surface area (Å²) in [5.41, 5.74) is 2.46. The van der Waals surface area contributed by atoms with Gasteiger partial charge in [0.15, 0.2) is 5.82 Å². The molecule has 0 spiro atoms. The van der Waals surface area contributed by atoms with E-state index in [2.05, 4.69) is 99.5 Å². The fourth-order valence-corrected chi connectivity index (χ4v) is 4.98. The molecule has 0 radical (unpaired) electrons. The summed E-state index contributed by atoms with van der Waals surface area (Å²) >= 11 is 1.66. The molecule has 150 valence electrons. The first-order valence-corrected chi connectivity index (χ1v) is 11.2. The lowest BCUT2D eigenvalue weighted by Crippen LogP contribution is -2.25. The minimum Gasteiger partial charge on any atom is -0.289 e. The van der Waals surface area contributed by atoms with Crippen molar-refractivity contribution in [2.45, 2.75) is 35.5 Å². The monoisotopic (exact) mass is 412 g/mol. The van der Waals surface area contributed by atoms with Crippen LogP contribution < -0.4 is 0 Å². The van der Waals surface area contributed by atoms with Crippen LogP contribution in [-0.2, 0) is 6.54 Å². The van der Waals surface area contributed by atoms with E-state index in [9.17, 15) is 0 Å². The average molecular weight is 413 g/mol. The van der Waals surface area contributed by atoms with Crippen molar-refractivity contribution in [2.75, 3.05) is 6.54 Å². The van der Waals surface area contributed by atoms with E-state index in [1.165, 1.54) is 16.9 Å². The lowest BCUT2D eigenvalue weighted by atomic mass is 10.1. The molecule has 3 aromatic carbocycles. The summed E-state index contributed by atoms with van der Waals surface area (Å²) < 4.78 is 2.24. The minimum absolute atomic E-state index is 0.267. The van der Waals surface area contributed by atoms with E-state index in [4.69, 9.17) is 5.10 Å². The molecule has 1 atom stereocenters. The Morgan fingerprint density at radius 3 is 2.20 bits per heavy atom. The molecule has 5 heteroatoms. The number of likely N-dealkylation sites (tertiary alicyclic amines) is 1. The van der Waals surface area contributed by atoms with E-state index in [1.54, 1.807) is 11.8 Å². The van der Waals surface area contributed by atoms with Gasteiger partial charge in [-0.1, -0.05) is 66.7 Å². The normalized spacial score (nSPS) is 16.7. The first kappa shape index (κ1) is 19.1. The van der Waals surface area contributed by atoms with Gasteiger partial charge in [0, 0.05) is 17.1 Å². The Morgan fingerprint density at radius 1 is 0.800 bits per heavy atom. The van der Waals surface area contributed by atoms with Crippen LogP contribution in [0.3, 0.4) is 0 Å². The van der Waals surface area contributed by atoms with Crippen LogP contribution in [0.5, 0.6) is 0 Å². The molecule has 0 bridgehead atoms. The van der Waals surface area contributed by atoms with Gasteiger partial charge in [-0.3, -0.25) is 9.47 Å². The van der Waals surface area contributed by atoms with E-state index < -0.39 is 0 Å². The molecule has 4 aromatic rings. The number of benzene rings is 3. The van der Waals surface area contributed by atoms with Crippen LogP contribution in [0.4, 0.5) is 0 Å². The molecule has 0 saturated carbocycles. The van der Waals surface area contributed by atoms with Crippen LogP contribution in [0.1, 0.15) is 30.3 Å². The highest BCUT2D eigenvalue weighted by atomic mass is 32.2. The maximum absolute atomic E-state index is 4.71. The second-order valence-corrected chi connectivity index (χ2v) is 8.58. The van der Waals surface area contributed by atoms with E-state index >= 15 is 0 Å². The van der Waals surface area contributed by atoms with Crippen molar-refractivity contribution >= 4 is 11.8 Å². The van der Waals surface area contributed by atoms with Crippen LogP contribution in [0.25, 0.3) is 5.69 Å². The highest BCUT2D eigenvalue weighted by Crippen LogP contribution is 2.36. The largest absolute Gasteiger partial charge is 0.289 e. The molecule has 1 saturated heterocycles. The zero-order chi connectivity index (χ0) is 20.2. The van der Waals surface area contributed by atoms with Crippen molar-refractivity contribution in [3.8, 4) is 5.69 Å². The Kier molecular flexibility index (Phi) is 5.64. The maximum atomic E-state index is 4.71. The zero-order valence-electron chi connectivity index (χ0n) is 16.8. The number of hydrogen-bond acceptors (Lipinski definition) is 4. The minimum atomic E-state index is 0.267. The molecule has 0 amide bonds. The lowest BCUT2D eigenvalue weighted by Gasteiger charge is -2.24. The predicted molar refractivity (Wildman–Crippen MR) is 121 cm³/mol. The number of para-hydroxylation sites is 1. The molecule has 1 aliphatic rings. The quantitative estimate of drug-likeness (QED) is 0.403. The van der Waals surface area contributed by atoms with Crippen molar-refractivity contribution in [1.82, 2.24) is 19.7 Å². The van der Waals surface area contributed by atoms with Gasteiger partial charge in [-0.15, -0.1) is 10.2 Å². The molecule has 2 heterocycles. The molecule has 30 heavy (non-hydrogen) atoms. The van der Waals surface area contributed by atoms with E-state index in [0.717, 1.165) is 36.2 Å². The molecule has 0 aliphatic carbocycles. The molecule has 4 nitrogen and oxygen atoms in total. The molecular formula is C25H24N4S. The van der Waals surface area contributed by atoms with Gasteiger partial charge in [0.25, 0.3) is 0 Å². The topological polar surface area (TPSA) is 34.0 Å². The lowest BCUT2D eigenvalue weighted by molar-refractivity contribution is 0.237. The summed E-state index contributed by atoms with van der Waals surface area (Å²) in [7, 11) is 0. The summed E-state index contributed by atoms with van der Waals surface area (Å²) in [6, 6.07) is 31.8. The van der Waals surface area contributed by atoms with Crippen molar-refractivity contribution in [3.05, 3.63) is 102 Å². The summed E-state index contributed by atoms with van der Waals surface area (Å²) in [5, 5.41) is 10.2. The van der Waals surface area contributed by atoms with Crippen LogP contribution in [0.2, 0.25) is 0 Å². The number of aromatic nitrogens is 3. The van der Waals surface area contributed by atoms with Crippen LogP contribution in [-0.4, -0.2) is 26.2 Å². The van der Waals surface area contributed by atoms with Crippen molar-refractivity contribution in [3.63, 3.8) is 0 Å². The number of hydrogen-bond donors (Lipinski definition) is 0. The summed E-state index contributed by atoms with van der Waals surface area (Å²) in [4.78, 5) is 3.71. The first-order chi connectivity index (χ1) is 14.9. The highest BCUT2D eigenvalue weighted by Gasteiger charge is 2.31. The molecule has 5 rings (SSSR count). The average Bonchev–Trinajstić information content (AvgIpc) is 3.42. The summed E-state index contributed by atoms with van der Waals surface area (Å²) in [6.07, 6.45) is 2.29. The predicted octanol–water partition coefficient (Wildman–Crippen LogP) is 5.76. The van der Waals surface area contributed by atoms with Gasteiger partial charge in [-0.05, 0) is 61.0 Å². The third-order valence-corrected chi connectivity index (χ3v) is 6.47. The van der Waals surface area contributed by atoms with Gasteiger partial charge in [0.2, 0.25) is 5.16 Å². The third kappa shape index (κ3) is 4.04. The second-order valence-electron chi connectivity index (χ2n) is 7.54. The molecule has 1 aliphatic heterocycles. The maximum Gasteiger partial charge on any atom is 0.200 e. The molecule has 0 unspecified atom stereocenters. The van der Waals surface area contributed by atoms with E-state index in [1.807, 2.05) is 6.07 Å². The van der Waals surface area contributed by atoms with Crippen molar-refractivity contribution < 1.29 is 0 Å². The Morgan fingerprint density at radius 2 is 1.47 bits per heavy atom. The molecule has 1 fully saturated rings. The molecular weight excluding hydrogens is 388 g/mol. The summed E-state index contributed by atoms with van der Waals surface area (Å²) in [5.74, 6) is 1.04. The smallest absolute Gasteiger partial charge is 0.200 e. The van der Waals surface area contributed by atoms with Gasteiger partial charge >= 0.3 is 0 Å². The van der Waals surface area contributed by atoms with Gasteiger partial charge in [0.1, 0.15) is 0 Å². The van der Waals surface area contributed by atoms with Crippen LogP contribution >= 0.6 is 11.8 Å². The summed E-state index contributed by atoms with van der Waals surface area (Å²) in [6.45, 7) is 2.02. The van der Waals surface area contributed by atoms with Gasteiger partial charge in [0.05, 0.1) is 6.04 Å². The van der Waals surface area contributed by atoms with Crippen LogP contribution in [0.15, 0.2) is 101 Å². The Bertz CT molecular complexity index is 1080. The van der Waals surface area contributed by atoms with E-state index in [-0.39, 0.29) is 6.04 Å². The fourth-order valence-electron chi connectivity index (χ4n) is 4.10. The Balaban J connectivity index is 1.51. The van der Waals surface area contributed by atoms with E-state index in [0.29, 0.717) is 0 Å².